The highest BCUT2D eigenvalue weighted by molar-refractivity contribution is 6.07. The first-order chi connectivity index (χ1) is 12.2. The number of amides is 1. The van der Waals surface area contributed by atoms with Crippen LogP contribution in [0.25, 0.3) is 22.4 Å². The van der Waals surface area contributed by atoms with Crippen molar-refractivity contribution >= 4 is 16.8 Å². The van der Waals surface area contributed by atoms with Crippen molar-refractivity contribution in [3.63, 3.8) is 0 Å². The van der Waals surface area contributed by atoms with Crippen LogP contribution in [0.2, 0.25) is 0 Å². The van der Waals surface area contributed by atoms with E-state index < -0.39 is 0 Å². The average molecular weight is 335 g/mol. The molecular formula is C20H21N3O2. The van der Waals surface area contributed by atoms with Crippen molar-refractivity contribution in [3.8, 4) is 11.5 Å². The molecule has 2 unspecified atom stereocenters. The molecule has 0 spiro atoms. The maximum atomic E-state index is 13.0. The van der Waals surface area contributed by atoms with E-state index >= 15 is 0 Å². The molecule has 1 fully saturated rings. The first-order valence-corrected chi connectivity index (χ1v) is 8.68. The van der Waals surface area contributed by atoms with Gasteiger partial charge in [-0.05, 0) is 50.6 Å². The quantitative estimate of drug-likeness (QED) is 0.770. The lowest BCUT2D eigenvalue weighted by atomic mass is 9.99. The molecule has 1 aromatic carbocycles. The lowest BCUT2D eigenvalue weighted by Gasteiger charge is -2.28. The van der Waals surface area contributed by atoms with Gasteiger partial charge in [0.2, 0.25) is 0 Å². The van der Waals surface area contributed by atoms with Crippen molar-refractivity contribution in [2.24, 2.45) is 0 Å². The van der Waals surface area contributed by atoms with E-state index in [1.165, 1.54) is 0 Å². The SMILES string of the molecule is CC1CC(NC(=O)c2cc(-c3ccco3)nc3ccccc23)CCN1. The van der Waals surface area contributed by atoms with Crippen LogP contribution in [0.5, 0.6) is 0 Å². The van der Waals surface area contributed by atoms with Crippen LogP contribution < -0.4 is 10.6 Å². The van der Waals surface area contributed by atoms with Crippen molar-refractivity contribution in [1.82, 2.24) is 15.6 Å². The highest BCUT2D eigenvalue weighted by atomic mass is 16.3. The van der Waals surface area contributed by atoms with Crippen LogP contribution in [0.4, 0.5) is 0 Å². The van der Waals surface area contributed by atoms with Crippen LogP contribution in [0.15, 0.2) is 53.1 Å². The molecule has 2 atom stereocenters. The normalized spacial score (nSPS) is 20.5. The summed E-state index contributed by atoms with van der Waals surface area (Å²) in [6.07, 6.45) is 3.51. The van der Waals surface area contributed by atoms with Crippen molar-refractivity contribution in [3.05, 3.63) is 54.3 Å². The fourth-order valence-electron chi connectivity index (χ4n) is 3.44. The number of furan rings is 1. The smallest absolute Gasteiger partial charge is 0.252 e. The van der Waals surface area contributed by atoms with Crippen molar-refractivity contribution in [1.29, 1.82) is 0 Å². The molecular weight excluding hydrogens is 314 g/mol. The summed E-state index contributed by atoms with van der Waals surface area (Å²) in [4.78, 5) is 17.6. The number of hydrogen-bond acceptors (Lipinski definition) is 4. The third-order valence-corrected chi connectivity index (χ3v) is 4.69. The minimum Gasteiger partial charge on any atom is -0.463 e. The average Bonchev–Trinajstić information content (AvgIpc) is 3.15. The Morgan fingerprint density at radius 1 is 1.28 bits per heavy atom. The highest BCUT2D eigenvalue weighted by Gasteiger charge is 2.22. The minimum atomic E-state index is -0.0505. The molecule has 2 aromatic heterocycles. The van der Waals surface area contributed by atoms with Gasteiger partial charge >= 0.3 is 0 Å². The molecule has 3 aromatic rings. The summed E-state index contributed by atoms with van der Waals surface area (Å²) in [6, 6.07) is 13.8. The number of pyridine rings is 1. The van der Waals surface area contributed by atoms with Crippen LogP contribution in [0.3, 0.4) is 0 Å². The van der Waals surface area contributed by atoms with E-state index in [1.807, 2.05) is 42.5 Å². The molecule has 128 valence electrons. The molecule has 5 nitrogen and oxygen atoms in total. The number of fused-ring (bicyclic) bond motifs is 1. The van der Waals surface area contributed by atoms with Crippen molar-refractivity contribution in [2.45, 2.75) is 31.8 Å². The van der Waals surface area contributed by atoms with Gasteiger partial charge in [-0.2, -0.15) is 0 Å². The van der Waals surface area contributed by atoms with Gasteiger partial charge in [-0.3, -0.25) is 4.79 Å². The number of benzene rings is 1. The zero-order valence-electron chi connectivity index (χ0n) is 14.2. The van der Waals surface area contributed by atoms with Gasteiger partial charge in [-0.1, -0.05) is 18.2 Å². The minimum absolute atomic E-state index is 0.0505. The zero-order valence-corrected chi connectivity index (χ0v) is 14.2. The van der Waals surface area contributed by atoms with Crippen LogP contribution in [-0.4, -0.2) is 29.5 Å². The van der Waals surface area contributed by atoms with Gasteiger partial charge in [0.25, 0.3) is 5.91 Å². The predicted octanol–water partition coefficient (Wildman–Crippen LogP) is 3.37. The summed E-state index contributed by atoms with van der Waals surface area (Å²) < 4.78 is 5.46. The van der Waals surface area contributed by atoms with E-state index in [1.54, 1.807) is 6.26 Å². The lowest BCUT2D eigenvalue weighted by molar-refractivity contribution is 0.0927. The maximum Gasteiger partial charge on any atom is 0.252 e. The topological polar surface area (TPSA) is 67.2 Å². The van der Waals surface area contributed by atoms with Gasteiger partial charge in [0.15, 0.2) is 5.76 Å². The van der Waals surface area contributed by atoms with Gasteiger partial charge in [-0.25, -0.2) is 4.98 Å². The van der Waals surface area contributed by atoms with Gasteiger partial charge in [-0.15, -0.1) is 0 Å². The Balaban J connectivity index is 1.70. The summed E-state index contributed by atoms with van der Waals surface area (Å²) in [6.45, 7) is 3.08. The second-order valence-corrected chi connectivity index (χ2v) is 6.60. The van der Waals surface area contributed by atoms with Gasteiger partial charge < -0.3 is 15.1 Å². The molecule has 0 aliphatic carbocycles. The molecule has 0 saturated carbocycles. The van der Waals surface area contributed by atoms with Crippen LogP contribution in [0, 0.1) is 0 Å². The molecule has 4 rings (SSSR count). The second-order valence-electron chi connectivity index (χ2n) is 6.60. The Kier molecular flexibility index (Phi) is 4.24. The van der Waals surface area contributed by atoms with Gasteiger partial charge in [0.1, 0.15) is 5.69 Å². The predicted molar refractivity (Wildman–Crippen MR) is 97.4 cm³/mol. The number of carbonyl (C=O) groups excluding carboxylic acids is 1. The summed E-state index contributed by atoms with van der Waals surface area (Å²) in [5.74, 6) is 0.612. The standard InChI is InChI=1S/C20H21N3O2/c1-13-11-14(8-9-21-13)22-20(24)16-12-18(19-7-4-10-25-19)23-17-6-3-2-5-15(16)17/h2-7,10,12-14,21H,8-9,11H2,1H3,(H,22,24). The van der Waals surface area contributed by atoms with E-state index in [4.69, 9.17) is 4.42 Å². The molecule has 0 radical (unpaired) electrons. The first-order valence-electron chi connectivity index (χ1n) is 8.68. The Bertz CT molecular complexity index is 889. The molecule has 2 N–H and O–H groups in total. The van der Waals surface area contributed by atoms with E-state index in [2.05, 4.69) is 22.5 Å². The molecule has 25 heavy (non-hydrogen) atoms. The summed E-state index contributed by atoms with van der Waals surface area (Å²) in [5, 5.41) is 7.46. The molecule has 5 heteroatoms. The van der Waals surface area contributed by atoms with Crippen molar-refractivity contribution < 1.29 is 9.21 Å². The number of carbonyl (C=O) groups is 1. The highest BCUT2D eigenvalue weighted by Crippen LogP contribution is 2.25. The fourth-order valence-corrected chi connectivity index (χ4v) is 3.44. The number of hydrogen-bond donors (Lipinski definition) is 2. The van der Waals surface area contributed by atoms with Gasteiger partial charge in [0.05, 0.1) is 17.3 Å². The monoisotopic (exact) mass is 335 g/mol. The number of nitrogens with one attached hydrogen (secondary N) is 2. The molecule has 3 heterocycles. The molecule has 1 saturated heterocycles. The lowest BCUT2D eigenvalue weighted by Crippen LogP contribution is -2.46. The van der Waals surface area contributed by atoms with Crippen LogP contribution in [-0.2, 0) is 0 Å². The number of aromatic nitrogens is 1. The summed E-state index contributed by atoms with van der Waals surface area (Å²) in [5.41, 5.74) is 2.11. The van der Waals surface area contributed by atoms with Crippen LogP contribution >= 0.6 is 0 Å². The molecule has 1 amide bonds. The first kappa shape index (κ1) is 15.8. The molecule has 1 aliphatic heterocycles. The van der Waals surface area contributed by atoms with E-state index in [0.29, 0.717) is 23.1 Å². The third-order valence-electron chi connectivity index (χ3n) is 4.69. The Hall–Kier alpha value is -2.66. The number of piperidine rings is 1. The number of para-hydroxylation sites is 1. The molecule has 1 aliphatic rings. The maximum absolute atomic E-state index is 13.0. The Morgan fingerprint density at radius 2 is 2.16 bits per heavy atom. The van der Waals surface area contributed by atoms with Crippen LogP contribution in [0.1, 0.15) is 30.1 Å². The van der Waals surface area contributed by atoms with E-state index in [9.17, 15) is 4.79 Å². The number of rotatable bonds is 3. The summed E-state index contributed by atoms with van der Waals surface area (Å²) >= 11 is 0. The Morgan fingerprint density at radius 3 is 2.96 bits per heavy atom. The van der Waals surface area contributed by atoms with E-state index in [0.717, 1.165) is 30.3 Å². The third kappa shape index (κ3) is 3.28. The fraction of sp³-hybridized carbons (Fsp3) is 0.300. The van der Waals surface area contributed by atoms with Gasteiger partial charge in [0, 0.05) is 17.5 Å². The Labute approximate surface area is 146 Å². The zero-order chi connectivity index (χ0) is 17.2. The molecule has 0 bridgehead atoms. The van der Waals surface area contributed by atoms with Crippen molar-refractivity contribution in [2.75, 3.05) is 6.54 Å². The largest absolute Gasteiger partial charge is 0.463 e. The summed E-state index contributed by atoms with van der Waals surface area (Å²) in [7, 11) is 0. The second kappa shape index (κ2) is 6.69. The van der Waals surface area contributed by atoms with E-state index in [-0.39, 0.29) is 11.9 Å². The number of nitrogens with zero attached hydrogens (tertiary/aromatic N) is 1.